The molecular formula is C72H103N9. The van der Waals surface area contributed by atoms with Crippen molar-refractivity contribution in [1.29, 1.82) is 0 Å². The highest BCUT2D eigenvalue weighted by atomic mass is 14.9. The summed E-state index contributed by atoms with van der Waals surface area (Å²) in [4.78, 5) is 36.1. The fraction of sp³-hybridized carbons (Fsp3) is 0.500. The lowest BCUT2D eigenvalue weighted by molar-refractivity contribution is 0.860. The Kier molecular flexibility index (Phi) is 19.3. The Morgan fingerprint density at radius 1 is 0.222 bits per heavy atom. The first kappa shape index (κ1) is 63.7. The van der Waals surface area contributed by atoms with E-state index in [1.807, 2.05) is 0 Å². The molecule has 0 aliphatic heterocycles. The Bertz CT molecular complexity index is 3960. The second-order valence-corrected chi connectivity index (χ2v) is 25.5. The summed E-state index contributed by atoms with van der Waals surface area (Å²) in [6.45, 7) is 67.7. The number of benzene rings is 1. The smallest absolute Gasteiger partial charge is 0.138 e. The van der Waals surface area contributed by atoms with E-state index in [-0.39, 0.29) is 0 Å². The van der Waals surface area contributed by atoms with Gasteiger partial charge < -0.3 is 24.9 Å². The van der Waals surface area contributed by atoms with Crippen LogP contribution in [0, 0.1) is 145 Å². The molecule has 10 aromatic rings. The number of nitrogens with one attached hydrogen (secondary N) is 5. The fourth-order valence-electron chi connectivity index (χ4n) is 13.1. The van der Waals surface area contributed by atoms with Gasteiger partial charge in [0.2, 0.25) is 0 Å². The van der Waals surface area contributed by atoms with Gasteiger partial charge >= 0.3 is 0 Å². The normalized spacial score (nSPS) is 11.7. The summed E-state index contributed by atoms with van der Waals surface area (Å²) in [7, 11) is 0. The van der Waals surface area contributed by atoms with E-state index in [1.54, 1.807) is 0 Å². The van der Waals surface area contributed by atoms with Crippen LogP contribution in [-0.2, 0) is 0 Å². The third kappa shape index (κ3) is 11.9. The molecule has 0 saturated heterocycles. The van der Waals surface area contributed by atoms with Crippen molar-refractivity contribution in [2.45, 2.75) is 244 Å². The van der Waals surface area contributed by atoms with Crippen molar-refractivity contribution in [2.24, 2.45) is 0 Å². The molecule has 9 heterocycles. The van der Waals surface area contributed by atoms with E-state index in [4.69, 9.17) is 4.98 Å². The Labute approximate surface area is 487 Å². The van der Waals surface area contributed by atoms with Crippen molar-refractivity contribution < 1.29 is 0 Å². The first-order valence-corrected chi connectivity index (χ1v) is 30.0. The lowest BCUT2D eigenvalue weighted by Crippen LogP contribution is -1.95. The number of hydrogen-bond donors (Lipinski definition) is 5. The van der Waals surface area contributed by atoms with Crippen LogP contribution in [0.5, 0.6) is 0 Å². The maximum absolute atomic E-state index is 4.75. The van der Waals surface area contributed by atoms with Gasteiger partial charge in [-0.15, -0.1) is 0 Å². The second-order valence-electron chi connectivity index (χ2n) is 25.5. The molecule has 5 N–H and O–H groups in total. The van der Waals surface area contributed by atoms with E-state index < -0.39 is 0 Å². The summed E-state index contributed by atoms with van der Waals surface area (Å²) in [5.41, 5.74) is 41.2. The lowest BCUT2D eigenvalue weighted by atomic mass is 9.90. The van der Waals surface area contributed by atoms with Crippen molar-refractivity contribution in [3.63, 3.8) is 0 Å². The fourth-order valence-corrected chi connectivity index (χ4v) is 13.1. The van der Waals surface area contributed by atoms with E-state index in [1.165, 1.54) is 156 Å². The zero-order valence-corrected chi connectivity index (χ0v) is 56.2. The van der Waals surface area contributed by atoms with Gasteiger partial charge in [0, 0.05) is 89.6 Å². The Balaban J connectivity index is 0.000000163. The van der Waals surface area contributed by atoms with Gasteiger partial charge in [0.25, 0.3) is 0 Å². The minimum Gasteiger partial charge on any atom is -0.358 e. The summed E-state index contributed by atoms with van der Waals surface area (Å²) in [5, 5.41) is 5.50. The highest BCUT2D eigenvalue weighted by Crippen LogP contribution is 2.38. The van der Waals surface area contributed by atoms with Crippen molar-refractivity contribution in [1.82, 2.24) is 44.9 Å². The number of nitrogens with zero attached hydrogens (tertiary/aromatic N) is 4. The summed E-state index contributed by atoms with van der Waals surface area (Å²) >= 11 is 0. The van der Waals surface area contributed by atoms with Gasteiger partial charge in [0.1, 0.15) is 5.65 Å². The monoisotopic (exact) mass is 1090 g/mol. The van der Waals surface area contributed by atoms with Crippen molar-refractivity contribution >= 4 is 54.8 Å². The van der Waals surface area contributed by atoms with Crippen molar-refractivity contribution in [3.8, 4) is 0 Å². The topological polar surface area (TPSA) is 131 Å². The number of H-pyrrole nitrogens is 5. The molecule has 10 rings (SSSR count). The molecule has 0 atom stereocenters. The average Bonchev–Trinajstić information content (AvgIpc) is 4.42. The molecule has 0 fully saturated rings. The zero-order chi connectivity index (χ0) is 61.0. The number of aromatic nitrogens is 9. The molecular weight excluding hydrogens is 991 g/mol. The number of rotatable bonds is 5. The molecule has 0 unspecified atom stereocenters. The molecule has 436 valence electrons. The van der Waals surface area contributed by atoms with Gasteiger partial charge in [-0.25, -0.2) is 4.98 Å². The van der Waals surface area contributed by atoms with Crippen LogP contribution in [0.3, 0.4) is 0 Å². The number of aromatic amines is 5. The lowest BCUT2D eigenvalue weighted by Gasteiger charge is -2.13. The highest BCUT2D eigenvalue weighted by molar-refractivity contribution is 5.94. The molecule has 0 amide bonds. The van der Waals surface area contributed by atoms with Gasteiger partial charge in [-0.3, -0.25) is 15.0 Å². The van der Waals surface area contributed by atoms with Crippen LogP contribution < -0.4 is 0 Å². The van der Waals surface area contributed by atoms with Crippen LogP contribution in [0.4, 0.5) is 0 Å². The predicted octanol–water partition coefficient (Wildman–Crippen LogP) is 20.5. The zero-order valence-electron chi connectivity index (χ0n) is 56.2. The maximum Gasteiger partial charge on any atom is 0.138 e. The van der Waals surface area contributed by atoms with Gasteiger partial charge in [-0.05, 0) is 253 Å². The largest absolute Gasteiger partial charge is 0.358 e. The molecule has 0 aliphatic carbocycles. The van der Waals surface area contributed by atoms with Crippen molar-refractivity contribution in [2.75, 3.05) is 0 Å². The minimum atomic E-state index is 0.516. The SMILES string of the molecule is Cc1[nH]c2c(C)c(C)c(C)c(C)c2c1C(C)C.Cc1nc(C)c2[nH]c(C)c(C(C)C)c2c1C.Cc1nc(C)c2c(C(C)C)c(C)[nH]c2c1C.Cc1nc2[nH]c(C)c(C(C)C)c2c(C)c1C.Cc1nc2c(C(C)C)c(C)[nH]c2c(C)c1C. The molecule has 0 radical (unpaired) electrons. The quantitative estimate of drug-likeness (QED) is 0.117. The van der Waals surface area contributed by atoms with E-state index >= 15 is 0 Å². The highest BCUT2D eigenvalue weighted by Gasteiger charge is 2.22. The molecule has 0 bridgehead atoms. The molecule has 9 aromatic heterocycles. The number of fused-ring (bicyclic) bond motifs is 5. The Morgan fingerprint density at radius 2 is 0.543 bits per heavy atom. The van der Waals surface area contributed by atoms with E-state index in [9.17, 15) is 0 Å². The van der Waals surface area contributed by atoms with Gasteiger partial charge in [-0.1, -0.05) is 69.2 Å². The Hall–Kier alpha value is -6.48. The number of hydrogen-bond acceptors (Lipinski definition) is 4. The molecule has 0 saturated carbocycles. The first-order chi connectivity index (χ1) is 37.6. The van der Waals surface area contributed by atoms with Crippen LogP contribution >= 0.6 is 0 Å². The van der Waals surface area contributed by atoms with E-state index in [0.29, 0.717) is 29.6 Å². The van der Waals surface area contributed by atoms with Crippen LogP contribution in [0.25, 0.3) is 54.8 Å². The second kappa shape index (κ2) is 24.5. The first-order valence-electron chi connectivity index (χ1n) is 30.0. The van der Waals surface area contributed by atoms with Crippen LogP contribution in [0.15, 0.2) is 0 Å². The van der Waals surface area contributed by atoms with Gasteiger partial charge in [-0.2, -0.15) is 0 Å². The summed E-state index contributed by atoms with van der Waals surface area (Å²) < 4.78 is 0. The molecule has 1 aromatic carbocycles. The molecule has 81 heavy (non-hydrogen) atoms. The predicted molar refractivity (Wildman–Crippen MR) is 353 cm³/mol. The summed E-state index contributed by atoms with van der Waals surface area (Å²) in [6.07, 6.45) is 0. The van der Waals surface area contributed by atoms with Crippen LogP contribution in [0.2, 0.25) is 0 Å². The van der Waals surface area contributed by atoms with Gasteiger partial charge in [0.15, 0.2) is 0 Å². The van der Waals surface area contributed by atoms with Crippen molar-refractivity contribution in [3.05, 3.63) is 146 Å². The van der Waals surface area contributed by atoms with E-state index in [2.05, 4.69) is 255 Å². The summed E-state index contributed by atoms with van der Waals surface area (Å²) in [5.74, 6) is 2.72. The maximum atomic E-state index is 4.75. The average molecular weight is 1090 g/mol. The molecule has 9 nitrogen and oxygen atoms in total. The standard InChI is InChI=1S/C16H23N.4C14H20N2/c1-8(2)14-13(7)17-16-12(6)10(4)9(3)11(5)15(14)16;1-7(2)12-10(5)16-14-8(3)9(4)15-11(6)13(12)14;1-7(2)12-10(5)16-14-11(6)15-9(4)8(3)13(12)14;1-7(2)12-11(6)16-13-9(4)8(3)10(5)15-14(12)13;1-7(2)12-11(6)16-14-13(12)9(4)8(3)10(5)15-14/h8,17H,1-7H3;3*7,16H,1-6H3;7H,1-6H3,(H,15,16). The number of aryl methyl sites for hydroxylation is 17. The third-order valence-corrected chi connectivity index (χ3v) is 18.2. The molecule has 9 heteroatoms. The van der Waals surface area contributed by atoms with Gasteiger partial charge in [0.05, 0.1) is 27.8 Å². The minimum absolute atomic E-state index is 0.516. The Morgan fingerprint density at radius 3 is 1.05 bits per heavy atom. The van der Waals surface area contributed by atoms with E-state index in [0.717, 1.165) is 45.3 Å². The summed E-state index contributed by atoms with van der Waals surface area (Å²) in [6, 6.07) is 0. The third-order valence-electron chi connectivity index (χ3n) is 18.2. The van der Waals surface area contributed by atoms with Crippen LogP contribution in [0.1, 0.15) is 245 Å². The van der Waals surface area contributed by atoms with Crippen LogP contribution in [-0.4, -0.2) is 44.9 Å². The molecule has 0 aliphatic rings. The number of pyridine rings is 4. The molecule has 0 spiro atoms.